The van der Waals surface area contributed by atoms with Gasteiger partial charge in [-0.2, -0.15) is 0 Å². The standard InChI is InChI=1S/C23H16FNS/c24-21-14-12-20(13-15-21)23-22(25-16-26-23)19-10-8-18(9-11-19)7-6-17-4-2-1-3-5-17/h1-16H/b7-6+. The second-order valence-corrected chi connectivity index (χ2v) is 6.76. The third-order valence-corrected chi connectivity index (χ3v) is 5.00. The number of rotatable bonds is 4. The summed E-state index contributed by atoms with van der Waals surface area (Å²) in [5.41, 5.74) is 7.11. The second kappa shape index (κ2) is 7.46. The number of thiazole rings is 1. The second-order valence-electron chi connectivity index (χ2n) is 5.90. The van der Waals surface area contributed by atoms with E-state index < -0.39 is 0 Å². The van der Waals surface area contributed by atoms with Gasteiger partial charge in [-0.05, 0) is 28.8 Å². The zero-order chi connectivity index (χ0) is 17.8. The van der Waals surface area contributed by atoms with Crippen LogP contribution in [0.2, 0.25) is 0 Å². The normalized spacial score (nSPS) is 11.1. The third-order valence-electron chi connectivity index (χ3n) is 4.13. The van der Waals surface area contributed by atoms with E-state index in [-0.39, 0.29) is 5.82 Å². The highest BCUT2D eigenvalue weighted by atomic mass is 32.1. The molecule has 0 aliphatic carbocycles. The van der Waals surface area contributed by atoms with Crippen molar-refractivity contribution in [1.29, 1.82) is 0 Å². The number of nitrogens with zero attached hydrogens (tertiary/aromatic N) is 1. The zero-order valence-corrected chi connectivity index (χ0v) is 14.8. The first-order valence-electron chi connectivity index (χ1n) is 8.32. The van der Waals surface area contributed by atoms with Crippen LogP contribution in [0.5, 0.6) is 0 Å². The number of halogens is 1. The molecule has 0 atom stereocenters. The van der Waals surface area contributed by atoms with Gasteiger partial charge in [0.15, 0.2) is 0 Å². The Kier molecular flexibility index (Phi) is 4.71. The Bertz CT molecular complexity index is 1020. The predicted octanol–water partition coefficient (Wildman–Crippen LogP) is 6.79. The highest BCUT2D eigenvalue weighted by Crippen LogP contribution is 2.34. The van der Waals surface area contributed by atoms with Crippen molar-refractivity contribution in [3.05, 3.63) is 101 Å². The van der Waals surface area contributed by atoms with Crippen LogP contribution >= 0.6 is 11.3 Å². The van der Waals surface area contributed by atoms with Gasteiger partial charge in [-0.1, -0.05) is 78.9 Å². The quantitative estimate of drug-likeness (QED) is 0.367. The van der Waals surface area contributed by atoms with Gasteiger partial charge in [0.1, 0.15) is 5.82 Å². The summed E-state index contributed by atoms with van der Waals surface area (Å²) in [5, 5.41) is 0. The van der Waals surface area contributed by atoms with Crippen LogP contribution in [0.15, 0.2) is 84.4 Å². The van der Waals surface area contributed by atoms with E-state index in [4.69, 9.17) is 0 Å². The lowest BCUT2D eigenvalue weighted by Crippen LogP contribution is -1.83. The maximum absolute atomic E-state index is 13.2. The maximum Gasteiger partial charge on any atom is 0.123 e. The Hall–Kier alpha value is -3.04. The van der Waals surface area contributed by atoms with E-state index in [9.17, 15) is 4.39 Å². The average molecular weight is 357 g/mol. The van der Waals surface area contributed by atoms with Crippen molar-refractivity contribution in [3.63, 3.8) is 0 Å². The minimum atomic E-state index is -0.227. The lowest BCUT2D eigenvalue weighted by Gasteiger charge is -2.04. The van der Waals surface area contributed by atoms with E-state index in [2.05, 4.69) is 53.5 Å². The van der Waals surface area contributed by atoms with Crippen molar-refractivity contribution in [2.24, 2.45) is 0 Å². The highest BCUT2D eigenvalue weighted by molar-refractivity contribution is 7.13. The fourth-order valence-corrected chi connectivity index (χ4v) is 3.58. The molecule has 0 aliphatic heterocycles. The van der Waals surface area contributed by atoms with Gasteiger partial charge in [0.05, 0.1) is 16.1 Å². The van der Waals surface area contributed by atoms with Crippen molar-refractivity contribution < 1.29 is 4.39 Å². The smallest absolute Gasteiger partial charge is 0.123 e. The molecule has 0 saturated carbocycles. The summed E-state index contributed by atoms with van der Waals surface area (Å²) < 4.78 is 13.2. The SMILES string of the molecule is Fc1ccc(-c2scnc2-c2ccc(/C=C/c3ccccc3)cc2)cc1. The van der Waals surface area contributed by atoms with Crippen LogP contribution in [0.25, 0.3) is 33.9 Å². The van der Waals surface area contributed by atoms with Crippen LogP contribution in [0.3, 0.4) is 0 Å². The van der Waals surface area contributed by atoms with Crippen LogP contribution in [0.1, 0.15) is 11.1 Å². The van der Waals surface area contributed by atoms with Gasteiger partial charge < -0.3 is 0 Å². The van der Waals surface area contributed by atoms with E-state index in [0.717, 1.165) is 27.3 Å². The fourth-order valence-electron chi connectivity index (χ4n) is 2.77. The number of hydrogen-bond donors (Lipinski definition) is 0. The van der Waals surface area contributed by atoms with Gasteiger partial charge in [-0.3, -0.25) is 0 Å². The Labute approximate surface area is 156 Å². The molecule has 4 rings (SSSR count). The molecule has 26 heavy (non-hydrogen) atoms. The Balaban J connectivity index is 1.59. The third kappa shape index (κ3) is 3.63. The minimum Gasteiger partial charge on any atom is -0.244 e. The molecular formula is C23H16FNS. The molecule has 0 bridgehead atoms. The van der Waals surface area contributed by atoms with Crippen molar-refractivity contribution in [3.8, 4) is 21.7 Å². The van der Waals surface area contributed by atoms with Gasteiger partial charge >= 0.3 is 0 Å². The first-order chi connectivity index (χ1) is 12.8. The van der Waals surface area contributed by atoms with E-state index in [1.807, 2.05) is 23.7 Å². The van der Waals surface area contributed by atoms with Crippen molar-refractivity contribution in [2.75, 3.05) is 0 Å². The summed E-state index contributed by atoms with van der Waals surface area (Å²) in [6.45, 7) is 0. The van der Waals surface area contributed by atoms with Gasteiger partial charge in [-0.25, -0.2) is 9.37 Å². The molecule has 0 fully saturated rings. The summed E-state index contributed by atoms with van der Waals surface area (Å²) in [7, 11) is 0. The van der Waals surface area contributed by atoms with Gasteiger partial charge in [-0.15, -0.1) is 11.3 Å². The Morgan fingerprint density at radius 3 is 2.00 bits per heavy atom. The number of benzene rings is 3. The molecule has 3 aromatic carbocycles. The number of hydrogen-bond acceptors (Lipinski definition) is 2. The van der Waals surface area contributed by atoms with Gasteiger partial charge in [0, 0.05) is 5.56 Å². The molecule has 0 unspecified atom stereocenters. The van der Waals surface area contributed by atoms with E-state index in [0.29, 0.717) is 0 Å². The van der Waals surface area contributed by atoms with Crippen LogP contribution < -0.4 is 0 Å². The molecule has 3 heteroatoms. The van der Waals surface area contributed by atoms with E-state index in [1.54, 1.807) is 23.5 Å². The number of aromatic nitrogens is 1. The summed E-state index contributed by atoms with van der Waals surface area (Å²) >= 11 is 1.57. The minimum absolute atomic E-state index is 0.227. The van der Waals surface area contributed by atoms with E-state index >= 15 is 0 Å². The van der Waals surface area contributed by atoms with Crippen molar-refractivity contribution in [2.45, 2.75) is 0 Å². The molecule has 0 amide bonds. The molecule has 0 radical (unpaired) electrons. The van der Waals surface area contributed by atoms with Crippen molar-refractivity contribution in [1.82, 2.24) is 4.98 Å². The molecule has 1 nitrogen and oxygen atoms in total. The van der Waals surface area contributed by atoms with Gasteiger partial charge in [0.2, 0.25) is 0 Å². The Morgan fingerprint density at radius 1 is 0.692 bits per heavy atom. The van der Waals surface area contributed by atoms with Crippen LogP contribution in [0, 0.1) is 5.82 Å². The molecule has 0 N–H and O–H groups in total. The molecule has 0 saturated heterocycles. The molecule has 126 valence electrons. The lowest BCUT2D eigenvalue weighted by molar-refractivity contribution is 0.628. The monoisotopic (exact) mass is 357 g/mol. The van der Waals surface area contributed by atoms with E-state index in [1.165, 1.54) is 17.7 Å². The average Bonchev–Trinajstić information content (AvgIpc) is 3.18. The summed E-state index contributed by atoms with van der Waals surface area (Å²) in [6, 6.07) is 25.1. The van der Waals surface area contributed by atoms with Gasteiger partial charge in [0.25, 0.3) is 0 Å². The first-order valence-corrected chi connectivity index (χ1v) is 9.20. The Morgan fingerprint density at radius 2 is 1.31 bits per heavy atom. The lowest BCUT2D eigenvalue weighted by atomic mass is 10.0. The molecule has 1 heterocycles. The molecular weight excluding hydrogens is 341 g/mol. The molecule has 1 aromatic heterocycles. The van der Waals surface area contributed by atoms with Crippen LogP contribution in [0.4, 0.5) is 4.39 Å². The maximum atomic E-state index is 13.2. The topological polar surface area (TPSA) is 12.9 Å². The predicted molar refractivity (Wildman–Crippen MR) is 108 cm³/mol. The van der Waals surface area contributed by atoms with Crippen LogP contribution in [-0.2, 0) is 0 Å². The van der Waals surface area contributed by atoms with Crippen LogP contribution in [-0.4, -0.2) is 4.98 Å². The summed E-state index contributed by atoms with van der Waals surface area (Å²) in [4.78, 5) is 5.57. The highest BCUT2D eigenvalue weighted by Gasteiger charge is 2.10. The molecule has 0 spiro atoms. The summed E-state index contributed by atoms with van der Waals surface area (Å²) in [5.74, 6) is -0.227. The first kappa shape index (κ1) is 16.4. The fraction of sp³-hybridized carbons (Fsp3) is 0. The zero-order valence-electron chi connectivity index (χ0n) is 14.0. The van der Waals surface area contributed by atoms with Crippen molar-refractivity contribution >= 4 is 23.5 Å². The molecule has 0 aliphatic rings. The largest absolute Gasteiger partial charge is 0.244 e. The molecule has 4 aromatic rings. The summed E-state index contributed by atoms with van der Waals surface area (Å²) in [6.07, 6.45) is 4.20.